The molecule has 0 saturated carbocycles. The van der Waals surface area contributed by atoms with Crippen LogP contribution in [0.15, 0.2) is 40.0 Å². The largest absolute Gasteiger partial charge is 0.480 e. The molecule has 0 amide bonds. The molecule has 0 spiro atoms. The number of alkyl halides is 2. The molecule has 3 heterocycles. The van der Waals surface area contributed by atoms with Gasteiger partial charge in [-0.2, -0.15) is 0 Å². The molecule has 1 saturated heterocycles. The number of aliphatic imine (C=N–C) groups is 1. The number of carbonyl (C=O) groups excluding carboxylic acids is 1. The van der Waals surface area contributed by atoms with Crippen molar-refractivity contribution in [1.82, 2.24) is 15.2 Å². The van der Waals surface area contributed by atoms with Gasteiger partial charge in [-0.05, 0) is 12.1 Å². The Labute approximate surface area is 204 Å². The number of thiazole rings is 1. The Morgan fingerprint density at radius 2 is 2.06 bits per heavy atom. The van der Waals surface area contributed by atoms with Gasteiger partial charge in [0.2, 0.25) is 0 Å². The van der Waals surface area contributed by atoms with Crippen LogP contribution >= 0.6 is 22.9 Å². The van der Waals surface area contributed by atoms with Crippen LogP contribution in [0.25, 0.3) is 0 Å². The lowest BCUT2D eigenvalue weighted by atomic mass is 9.95. The van der Waals surface area contributed by atoms with Crippen LogP contribution in [-0.2, 0) is 14.3 Å². The van der Waals surface area contributed by atoms with Gasteiger partial charge in [0, 0.05) is 40.8 Å². The molecule has 0 aliphatic carbocycles. The first-order valence-electron chi connectivity index (χ1n) is 10.1. The number of nitrogens with zero attached hydrogens (tertiary/aromatic N) is 3. The van der Waals surface area contributed by atoms with Crippen LogP contribution in [0.4, 0.5) is 17.6 Å². The zero-order valence-electron chi connectivity index (χ0n) is 17.9. The van der Waals surface area contributed by atoms with E-state index in [1.165, 1.54) is 6.20 Å². The highest BCUT2D eigenvalue weighted by Gasteiger charge is 2.49. The highest BCUT2D eigenvalue weighted by Crippen LogP contribution is 2.39. The molecule has 0 bridgehead atoms. The molecule has 1 aromatic heterocycles. The van der Waals surface area contributed by atoms with E-state index in [4.69, 9.17) is 16.3 Å². The summed E-state index contributed by atoms with van der Waals surface area (Å²) in [7, 11) is 1.07. The first kappa shape index (κ1) is 25.1. The number of hydrogen-bond donors (Lipinski definition) is 2. The predicted octanol–water partition coefficient (Wildman–Crippen LogP) is 3.39. The number of benzene rings is 1. The molecule has 2 aromatic rings. The number of esters is 1. The second kappa shape index (κ2) is 9.55. The maximum absolute atomic E-state index is 14.1. The quantitative estimate of drug-likeness (QED) is 0.334. The third-order valence-electron chi connectivity index (χ3n) is 5.51. The lowest BCUT2D eigenvalue weighted by Gasteiger charge is -2.30. The molecule has 1 unspecified atom stereocenters. The summed E-state index contributed by atoms with van der Waals surface area (Å²) in [6.45, 7) is -1.30. The number of halogens is 5. The lowest BCUT2D eigenvalue weighted by molar-refractivity contribution is -0.142. The molecule has 1 fully saturated rings. The van der Waals surface area contributed by atoms with E-state index in [-0.39, 0.29) is 27.7 Å². The van der Waals surface area contributed by atoms with Crippen molar-refractivity contribution in [3.05, 3.63) is 62.2 Å². The molecule has 1 aromatic carbocycles. The van der Waals surface area contributed by atoms with E-state index in [9.17, 15) is 32.3 Å². The number of aromatic nitrogens is 1. The fourth-order valence-electron chi connectivity index (χ4n) is 3.99. The Hall–Kier alpha value is -3.03. The number of ether oxygens (including phenoxy) is 1. The topological polar surface area (TPSA) is 104 Å². The molecule has 2 aliphatic rings. The van der Waals surface area contributed by atoms with Gasteiger partial charge in [-0.1, -0.05) is 11.6 Å². The Kier molecular flexibility index (Phi) is 6.84. The summed E-state index contributed by atoms with van der Waals surface area (Å²) in [5.74, 6) is -8.02. The van der Waals surface area contributed by atoms with Crippen LogP contribution in [0.2, 0.25) is 5.02 Å². The van der Waals surface area contributed by atoms with E-state index < -0.39 is 61.1 Å². The van der Waals surface area contributed by atoms with Gasteiger partial charge < -0.3 is 15.2 Å². The summed E-state index contributed by atoms with van der Waals surface area (Å²) >= 11 is 7.33. The number of aliphatic carboxylic acids is 1. The van der Waals surface area contributed by atoms with Crippen LogP contribution in [0.1, 0.15) is 23.0 Å². The smallest absolute Gasteiger partial charge is 0.338 e. The zero-order chi connectivity index (χ0) is 25.5. The second-order valence-corrected chi connectivity index (χ2v) is 9.13. The minimum absolute atomic E-state index is 0.00759. The minimum atomic E-state index is -3.27. The van der Waals surface area contributed by atoms with Crippen molar-refractivity contribution in [1.29, 1.82) is 0 Å². The van der Waals surface area contributed by atoms with Gasteiger partial charge >= 0.3 is 11.9 Å². The Balaban J connectivity index is 1.86. The fraction of sp³-hybridized carbons (Fsp3) is 0.333. The number of nitrogens with one attached hydrogen (secondary N) is 1. The molecular formula is C21H17ClF4N4O4S. The van der Waals surface area contributed by atoms with Gasteiger partial charge in [-0.3, -0.25) is 14.7 Å². The van der Waals surface area contributed by atoms with Crippen molar-refractivity contribution in [2.24, 2.45) is 4.99 Å². The van der Waals surface area contributed by atoms with Gasteiger partial charge in [0.25, 0.3) is 5.92 Å². The van der Waals surface area contributed by atoms with E-state index in [2.05, 4.69) is 15.3 Å². The van der Waals surface area contributed by atoms with E-state index in [0.717, 1.165) is 35.5 Å². The van der Waals surface area contributed by atoms with Crippen molar-refractivity contribution in [2.75, 3.05) is 20.2 Å². The van der Waals surface area contributed by atoms with Gasteiger partial charge in [0.1, 0.15) is 12.1 Å². The maximum atomic E-state index is 14.1. The first-order chi connectivity index (χ1) is 16.5. The zero-order valence-corrected chi connectivity index (χ0v) is 19.5. The van der Waals surface area contributed by atoms with Crippen LogP contribution < -0.4 is 5.32 Å². The fourth-order valence-corrected chi connectivity index (χ4v) is 4.83. The summed E-state index contributed by atoms with van der Waals surface area (Å²) in [6, 6.07) is -1.35. The molecule has 186 valence electrons. The Bertz CT molecular complexity index is 1240. The van der Waals surface area contributed by atoms with Gasteiger partial charge in [-0.15, -0.1) is 11.3 Å². The highest BCUT2D eigenvalue weighted by molar-refractivity contribution is 7.11. The van der Waals surface area contributed by atoms with Gasteiger partial charge in [0.05, 0.1) is 19.2 Å². The molecule has 0 radical (unpaired) electrons. The summed E-state index contributed by atoms with van der Waals surface area (Å²) in [6.07, 6.45) is 0.569. The summed E-state index contributed by atoms with van der Waals surface area (Å²) < 4.78 is 60.9. The predicted molar refractivity (Wildman–Crippen MR) is 117 cm³/mol. The number of hydrogen-bond acceptors (Lipinski definition) is 8. The summed E-state index contributed by atoms with van der Waals surface area (Å²) in [5.41, 5.74) is -0.313. The van der Waals surface area contributed by atoms with Crippen LogP contribution in [0, 0.1) is 11.6 Å². The number of carbonyl (C=O) groups is 2. The number of carboxylic acid groups (broad SMARTS) is 1. The van der Waals surface area contributed by atoms with Gasteiger partial charge in [-0.25, -0.2) is 27.3 Å². The summed E-state index contributed by atoms with van der Waals surface area (Å²) in [4.78, 5) is 34.0. The standard InChI is InChI=1S/C21H17ClF4N4O4S/c1-34-20(33)15-13(7-30-8-21(25,26)6-14(30)19(31)32)28-17(18-27-2-3-35-18)29-16(15)9-4-11(23)12(24)5-10(9)22/h2-5,14,16H,6-8H2,1H3,(H,28,29)(H,31,32)/t14?,16-/m0/s1. The third kappa shape index (κ3) is 5.02. The SMILES string of the molecule is COC(=O)C1=C(CN2CC(F)(F)CC2C(=O)O)NC(c2nccs2)=N[C@H]1c1cc(F)c(F)cc1Cl. The average Bonchev–Trinajstić information content (AvgIpc) is 3.43. The monoisotopic (exact) mass is 532 g/mol. The highest BCUT2D eigenvalue weighted by atomic mass is 35.5. The number of likely N-dealkylation sites (tertiary alicyclic amines) is 1. The Morgan fingerprint density at radius 3 is 2.69 bits per heavy atom. The molecular weight excluding hydrogens is 516 g/mol. The number of methoxy groups -OCH3 is 1. The number of rotatable bonds is 6. The van der Waals surface area contributed by atoms with Crippen LogP contribution in [-0.4, -0.2) is 64.9 Å². The molecule has 4 rings (SSSR count). The molecule has 35 heavy (non-hydrogen) atoms. The van der Waals surface area contributed by atoms with Crippen LogP contribution in [0.5, 0.6) is 0 Å². The molecule has 8 nitrogen and oxygen atoms in total. The molecule has 2 N–H and O–H groups in total. The van der Waals surface area contributed by atoms with Crippen molar-refractivity contribution in [3.8, 4) is 0 Å². The lowest BCUT2D eigenvalue weighted by Crippen LogP contribution is -2.43. The normalized spacial score (nSPS) is 22.1. The summed E-state index contributed by atoms with van der Waals surface area (Å²) in [5, 5.41) is 14.1. The number of amidine groups is 1. The van der Waals surface area contributed by atoms with E-state index in [1.54, 1.807) is 5.38 Å². The third-order valence-corrected chi connectivity index (χ3v) is 6.62. The molecule has 2 aliphatic heterocycles. The second-order valence-electron chi connectivity index (χ2n) is 7.83. The Morgan fingerprint density at radius 1 is 1.34 bits per heavy atom. The van der Waals surface area contributed by atoms with E-state index in [1.807, 2.05) is 0 Å². The maximum Gasteiger partial charge on any atom is 0.338 e. The van der Waals surface area contributed by atoms with Crippen molar-refractivity contribution < 1.29 is 37.0 Å². The minimum Gasteiger partial charge on any atom is -0.480 e. The number of carboxylic acids is 1. The average molecular weight is 533 g/mol. The molecule has 14 heteroatoms. The van der Waals surface area contributed by atoms with Gasteiger partial charge in [0.15, 0.2) is 22.5 Å². The first-order valence-corrected chi connectivity index (χ1v) is 11.3. The van der Waals surface area contributed by atoms with E-state index in [0.29, 0.717) is 5.01 Å². The van der Waals surface area contributed by atoms with E-state index >= 15 is 0 Å². The van der Waals surface area contributed by atoms with Crippen molar-refractivity contribution >= 4 is 40.7 Å². The van der Waals surface area contributed by atoms with Crippen LogP contribution in [0.3, 0.4) is 0 Å². The van der Waals surface area contributed by atoms with Crippen molar-refractivity contribution in [2.45, 2.75) is 24.4 Å². The molecule has 2 atom stereocenters. The van der Waals surface area contributed by atoms with Crippen molar-refractivity contribution in [3.63, 3.8) is 0 Å².